The second-order valence-corrected chi connectivity index (χ2v) is 3.81. The summed E-state index contributed by atoms with van der Waals surface area (Å²) < 4.78 is 0. The maximum Gasteiger partial charge on any atom is 2.00 e. The van der Waals surface area contributed by atoms with Crippen molar-refractivity contribution < 1.29 is 53.8 Å². The van der Waals surface area contributed by atoms with E-state index in [1.807, 2.05) is 60.7 Å². The maximum absolute atomic E-state index is 3.81. The van der Waals surface area contributed by atoms with E-state index < -0.39 is 0 Å². The second-order valence-electron chi connectivity index (χ2n) is 3.81. The molecule has 22 heavy (non-hydrogen) atoms. The Kier molecular flexibility index (Phi) is 17.5. The van der Waals surface area contributed by atoms with E-state index in [1.165, 1.54) is 0 Å². The summed E-state index contributed by atoms with van der Waals surface area (Å²) in [5.41, 5.74) is 1.86. The Morgan fingerprint density at radius 1 is 0.727 bits per heavy atom. The molecule has 0 bridgehead atoms. The summed E-state index contributed by atoms with van der Waals surface area (Å²) in [6, 6.07) is 28.7. The number of benzene rings is 2. The standard InChI is InChI=1S/C7H7.C6H5N.C6H5.W.Y/c1-7-5-3-2-4-6-7;1-6-4-2-3-5-7-6;1-2-4-6-5-3-1;;/h2-6H,1H2;2,4-5H,1H2;1-5H;;/q-1;-2;-1;+2;. The summed E-state index contributed by atoms with van der Waals surface area (Å²) in [6.45, 7) is 7.31. The molecule has 0 N–H and O–H groups in total. The van der Waals surface area contributed by atoms with Gasteiger partial charge in [-0.05, 0) is 0 Å². The number of hydrogen-bond acceptors (Lipinski definition) is 1. The predicted molar refractivity (Wildman–Crippen MR) is 83.7 cm³/mol. The molecule has 2 aromatic carbocycles. The van der Waals surface area contributed by atoms with E-state index in [0.717, 1.165) is 11.3 Å². The first-order chi connectivity index (χ1) is 9.79. The molecule has 0 saturated carbocycles. The van der Waals surface area contributed by atoms with E-state index in [-0.39, 0.29) is 53.8 Å². The second kappa shape index (κ2) is 16.5. The molecular formula is C19H17NWY-2. The minimum Gasteiger partial charge on any atom is -0.316 e. The summed E-state index contributed by atoms with van der Waals surface area (Å²) in [5.74, 6) is 0. The van der Waals surface area contributed by atoms with Crippen LogP contribution in [-0.2, 0) is 53.8 Å². The van der Waals surface area contributed by atoms with E-state index >= 15 is 0 Å². The molecule has 1 heterocycles. The van der Waals surface area contributed by atoms with Gasteiger partial charge in [-0.15, -0.1) is 17.8 Å². The Labute approximate surface area is 173 Å². The van der Waals surface area contributed by atoms with Crippen LogP contribution in [0.5, 0.6) is 0 Å². The zero-order chi connectivity index (χ0) is 14.5. The average Bonchev–Trinajstić information content (AvgIpc) is 2.52. The molecule has 3 rings (SSSR count). The van der Waals surface area contributed by atoms with Crippen molar-refractivity contribution in [3.8, 4) is 0 Å². The Hall–Kier alpha value is -0.878. The third-order valence-electron chi connectivity index (χ3n) is 2.13. The van der Waals surface area contributed by atoms with Gasteiger partial charge in [0.05, 0.1) is 0 Å². The molecule has 3 heteroatoms. The fraction of sp³-hybridized carbons (Fsp3) is 0. The van der Waals surface area contributed by atoms with Crippen molar-refractivity contribution in [1.82, 2.24) is 4.98 Å². The summed E-state index contributed by atoms with van der Waals surface area (Å²) >= 11 is 0. The van der Waals surface area contributed by atoms with Crippen LogP contribution in [0.3, 0.4) is 0 Å². The molecular weight excluding hydrogens is 515 g/mol. The zero-order valence-corrected chi connectivity index (χ0v) is 18.1. The van der Waals surface area contributed by atoms with Gasteiger partial charge < -0.3 is 4.98 Å². The first kappa shape index (κ1) is 23.4. The molecule has 1 radical (unpaired) electrons. The summed E-state index contributed by atoms with van der Waals surface area (Å²) in [5, 5.41) is 0. The summed E-state index contributed by atoms with van der Waals surface area (Å²) in [7, 11) is 0. The van der Waals surface area contributed by atoms with Crippen LogP contribution in [0, 0.1) is 26.0 Å². The fourth-order valence-corrected chi connectivity index (χ4v) is 1.17. The summed E-state index contributed by atoms with van der Waals surface area (Å²) in [4.78, 5) is 3.81. The Morgan fingerprint density at radius 3 is 1.55 bits per heavy atom. The Balaban J connectivity index is 0. The van der Waals surface area contributed by atoms with Gasteiger partial charge in [0.2, 0.25) is 0 Å². The molecule has 0 aliphatic carbocycles. The monoisotopic (exact) mass is 532 g/mol. The van der Waals surface area contributed by atoms with Gasteiger partial charge in [-0.1, -0.05) is 12.3 Å². The Morgan fingerprint density at radius 2 is 1.32 bits per heavy atom. The van der Waals surface area contributed by atoms with Crippen molar-refractivity contribution in [2.24, 2.45) is 0 Å². The van der Waals surface area contributed by atoms with Gasteiger partial charge >= 0.3 is 21.1 Å². The van der Waals surface area contributed by atoms with E-state index in [0.29, 0.717) is 0 Å². The largest absolute Gasteiger partial charge is 2.00 e. The molecule has 0 aliphatic rings. The van der Waals surface area contributed by atoms with Crippen molar-refractivity contribution in [2.75, 3.05) is 0 Å². The van der Waals surface area contributed by atoms with Crippen LogP contribution >= 0.6 is 0 Å². The molecule has 0 unspecified atom stereocenters. The van der Waals surface area contributed by atoms with Crippen LogP contribution in [0.15, 0.2) is 79.0 Å². The molecule has 0 saturated heterocycles. The van der Waals surface area contributed by atoms with Crippen LogP contribution in [0.2, 0.25) is 0 Å². The topological polar surface area (TPSA) is 12.9 Å². The third kappa shape index (κ3) is 14.1. The van der Waals surface area contributed by atoms with Gasteiger partial charge in [0.25, 0.3) is 0 Å². The van der Waals surface area contributed by atoms with Gasteiger partial charge in [0.1, 0.15) is 0 Å². The van der Waals surface area contributed by atoms with Gasteiger partial charge in [0.15, 0.2) is 0 Å². The molecule has 1 aromatic heterocycles. The van der Waals surface area contributed by atoms with Crippen molar-refractivity contribution in [3.63, 3.8) is 0 Å². The van der Waals surface area contributed by atoms with E-state index in [2.05, 4.69) is 31.0 Å². The number of aromatic nitrogens is 1. The average molecular weight is 532 g/mol. The normalized spacial score (nSPS) is 7.64. The Bertz CT molecular complexity index is 480. The predicted octanol–water partition coefficient (Wildman–Crippen LogP) is 4.41. The SMILES string of the molecule is [CH2-]c1cc[c-]cn1.[CH2-]c1ccccc1.[W+2].[Y].[c-]1ccccc1. The molecule has 0 aliphatic heterocycles. The molecule has 1 nitrogen and oxygen atoms in total. The molecule has 0 spiro atoms. The van der Waals surface area contributed by atoms with E-state index in [9.17, 15) is 0 Å². The first-order valence-electron chi connectivity index (χ1n) is 6.21. The molecule has 3 aromatic rings. The van der Waals surface area contributed by atoms with Crippen molar-refractivity contribution in [3.05, 3.63) is 116 Å². The third-order valence-corrected chi connectivity index (χ3v) is 2.13. The minimum absolute atomic E-state index is 0. The first-order valence-corrected chi connectivity index (χ1v) is 6.21. The van der Waals surface area contributed by atoms with Crippen LogP contribution in [0.4, 0.5) is 0 Å². The number of hydrogen-bond donors (Lipinski definition) is 0. The zero-order valence-electron chi connectivity index (χ0n) is 12.4. The number of nitrogens with zero attached hydrogens (tertiary/aromatic N) is 1. The molecule has 0 atom stereocenters. The van der Waals surface area contributed by atoms with Crippen LogP contribution in [0.25, 0.3) is 0 Å². The van der Waals surface area contributed by atoms with Crippen molar-refractivity contribution in [1.29, 1.82) is 0 Å². The van der Waals surface area contributed by atoms with Gasteiger partial charge in [-0.2, -0.15) is 61.0 Å². The summed E-state index contributed by atoms with van der Waals surface area (Å²) in [6.07, 6.45) is 1.60. The van der Waals surface area contributed by atoms with Gasteiger partial charge in [0, 0.05) is 32.7 Å². The molecule has 0 fully saturated rings. The van der Waals surface area contributed by atoms with E-state index in [4.69, 9.17) is 0 Å². The number of pyridine rings is 1. The fourth-order valence-electron chi connectivity index (χ4n) is 1.17. The van der Waals surface area contributed by atoms with Crippen molar-refractivity contribution >= 4 is 0 Å². The van der Waals surface area contributed by atoms with Gasteiger partial charge in [-0.3, -0.25) is 0 Å². The van der Waals surface area contributed by atoms with Gasteiger partial charge in [-0.25, -0.2) is 25.1 Å². The quantitative estimate of drug-likeness (QED) is 0.392. The smallest absolute Gasteiger partial charge is 0.316 e. The molecule has 0 amide bonds. The van der Waals surface area contributed by atoms with E-state index in [1.54, 1.807) is 18.3 Å². The van der Waals surface area contributed by atoms with Crippen LogP contribution in [-0.4, -0.2) is 4.98 Å². The molecule has 109 valence electrons. The van der Waals surface area contributed by atoms with Crippen LogP contribution < -0.4 is 0 Å². The number of rotatable bonds is 0. The van der Waals surface area contributed by atoms with Crippen molar-refractivity contribution in [2.45, 2.75) is 0 Å². The maximum atomic E-state index is 3.81. The van der Waals surface area contributed by atoms with Crippen LogP contribution in [0.1, 0.15) is 11.3 Å². The minimum atomic E-state index is 0.